The summed E-state index contributed by atoms with van der Waals surface area (Å²) in [7, 11) is 0. The fourth-order valence-corrected chi connectivity index (χ4v) is 4.95. The lowest BCUT2D eigenvalue weighted by Crippen LogP contribution is -1.84. The molecule has 1 nitrogen and oxygen atoms in total. The second-order valence-electron chi connectivity index (χ2n) is 6.81. The molecule has 3 aromatic carbocycles. The van der Waals surface area contributed by atoms with Crippen molar-refractivity contribution < 1.29 is 8.78 Å². The molecule has 0 bridgehead atoms. The van der Waals surface area contributed by atoms with Gasteiger partial charge in [0.1, 0.15) is 11.6 Å². The molecule has 0 N–H and O–H groups in total. The van der Waals surface area contributed by atoms with Crippen LogP contribution < -0.4 is 0 Å². The minimum absolute atomic E-state index is 0.556. The molecule has 0 amide bonds. The van der Waals surface area contributed by atoms with E-state index in [1.807, 2.05) is 25.1 Å². The maximum atomic E-state index is 13.7. The van der Waals surface area contributed by atoms with Gasteiger partial charge in [0.25, 0.3) is 0 Å². The number of hydrogen-bond acceptors (Lipinski definition) is 2. The molecule has 28 heavy (non-hydrogen) atoms. The number of hydrogen-bond donors (Lipinski definition) is 0. The molecule has 136 valence electrons. The number of fused-ring (bicyclic) bond motifs is 2. The topological polar surface area (TPSA) is 12.9 Å². The van der Waals surface area contributed by atoms with E-state index in [0.29, 0.717) is 5.56 Å². The van der Waals surface area contributed by atoms with Crippen LogP contribution in [0.5, 0.6) is 0 Å². The maximum absolute atomic E-state index is 13.7. The van der Waals surface area contributed by atoms with Gasteiger partial charge in [-0.2, -0.15) is 0 Å². The zero-order valence-corrected chi connectivity index (χ0v) is 15.9. The third kappa shape index (κ3) is 2.77. The average molecular weight is 387 g/mol. The predicted octanol–water partition coefficient (Wildman–Crippen LogP) is 7.37. The van der Waals surface area contributed by atoms with Gasteiger partial charge in [0, 0.05) is 22.7 Å². The summed E-state index contributed by atoms with van der Waals surface area (Å²) in [4.78, 5) is 5.49. The molecule has 0 aliphatic carbocycles. The van der Waals surface area contributed by atoms with Crippen LogP contribution in [0.4, 0.5) is 8.78 Å². The van der Waals surface area contributed by atoms with Gasteiger partial charge in [0.15, 0.2) is 0 Å². The fraction of sp³-hybridized carbons (Fsp3) is 0.0417. The number of rotatable bonds is 2. The van der Waals surface area contributed by atoms with Crippen molar-refractivity contribution >= 4 is 32.2 Å². The van der Waals surface area contributed by atoms with E-state index in [1.165, 1.54) is 28.9 Å². The van der Waals surface area contributed by atoms with Crippen LogP contribution in [0.25, 0.3) is 42.6 Å². The monoisotopic (exact) mass is 387 g/mol. The quantitative estimate of drug-likeness (QED) is 0.308. The number of nitrogens with zero attached hydrogens (tertiary/aromatic N) is 1. The Morgan fingerprint density at radius 1 is 0.786 bits per heavy atom. The average Bonchev–Trinajstić information content (AvgIpc) is 3.04. The maximum Gasteiger partial charge on any atom is 0.126 e. The smallest absolute Gasteiger partial charge is 0.126 e. The first-order valence-electron chi connectivity index (χ1n) is 8.94. The molecule has 2 heterocycles. The highest BCUT2D eigenvalue weighted by molar-refractivity contribution is 7.23. The van der Waals surface area contributed by atoms with E-state index >= 15 is 0 Å². The molecule has 0 fully saturated rings. The van der Waals surface area contributed by atoms with Gasteiger partial charge in [-0.25, -0.2) is 8.78 Å². The Hall–Kier alpha value is -3.11. The normalized spacial score (nSPS) is 11.4. The Kier molecular flexibility index (Phi) is 3.95. The first-order valence-corrected chi connectivity index (χ1v) is 9.75. The molecule has 0 unspecified atom stereocenters. The predicted molar refractivity (Wildman–Crippen MR) is 113 cm³/mol. The van der Waals surface area contributed by atoms with Crippen LogP contribution in [0.1, 0.15) is 5.56 Å². The van der Waals surface area contributed by atoms with Gasteiger partial charge < -0.3 is 0 Å². The summed E-state index contributed by atoms with van der Waals surface area (Å²) < 4.78 is 28.5. The van der Waals surface area contributed by atoms with E-state index in [0.717, 1.165) is 43.2 Å². The summed E-state index contributed by atoms with van der Waals surface area (Å²) >= 11 is 1.53. The number of halogens is 2. The SMILES string of the molecule is Cc1c(-c2cc(F)cc(F)c2)sc2c(-c3ccc4ccccc4c3)nccc12. The van der Waals surface area contributed by atoms with E-state index in [9.17, 15) is 8.78 Å². The van der Waals surface area contributed by atoms with Crippen molar-refractivity contribution in [3.05, 3.63) is 90.1 Å². The highest BCUT2D eigenvalue weighted by Gasteiger charge is 2.16. The third-order valence-corrected chi connectivity index (χ3v) is 6.36. The largest absolute Gasteiger partial charge is 0.255 e. The van der Waals surface area contributed by atoms with Crippen molar-refractivity contribution in [2.24, 2.45) is 0 Å². The molecule has 2 aromatic heterocycles. The molecule has 0 saturated heterocycles. The van der Waals surface area contributed by atoms with Crippen LogP contribution in [-0.4, -0.2) is 4.98 Å². The van der Waals surface area contributed by atoms with Gasteiger partial charge in [0.2, 0.25) is 0 Å². The summed E-state index contributed by atoms with van der Waals surface area (Å²) in [5.41, 5.74) is 3.48. The van der Waals surface area contributed by atoms with Crippen molar-refractivity contribution in [2.75, 3.05) is 0 Å². The molecule has 0 saturated carbocycles. The molecular weight excluding hydrogens is 372 g/mol. The van der Waals surface area contributed by atoms with Crippen LogP contribution in [-0.2, 0) is 0 Å². The third-order valence-electron chi connectivity index (χ3n) is 5.00. The van der Waals surface area contributed by atoms with E-state index in [-0.39, 0.29) is 0 Å². The van der Waals surface area contributed by atoms with Gasteiger partial charge in [-0.05, 0) is 58.5 Å². The Labute approximate surface area is 164 Å². The summed E-state index contributed by atoms with van der Waals surface area (Å²) in [5, 5.41) is 3.39. The van der Waals surface area contributed by atoms with E-state index < -0.39 is 11.6 Å². The summed E-state index contributed by atoms with van der Waals surface area (Å²) in [6.45, 7) is 1.99. The summed E-state index contributed by atoms with van der Waals surface area (Å²) in [5.74, 6) is -1.14. The highest BCUT2D eigenvalue weighted by Crippen LogP contribution is 2.42. The van der Waals surface area contributed by atoms with Crippen LogP contribution in [0.2, 0.25) is 0 Å². The molecule has 0 atom stereocenters. The molecule has 4 heteroatoms. The first kappa shape index (κ1) is 17.0. The van der Waals surface area contributed by atoms with Gasteiger partial charge in [-0.1, -0.05) is 36.4 Å². The number of benzene rings is 3. The minimum atomic E-state index is -0.570. The lowest BCUT2D eigenvalue weighted by atomic mass is 10.0. The summed E-state index contributed by atoms with van der Waals surface area (Å²) in [6, 6.07) is 20.1. The Morgan fingerprint density at radius 3 is 2.32 bits per heavy atom. The molecular formula is C24H15F2NS. The van der Waals surface area contributed by atoms with Crippen LogP contribution >= 0.6 is 11.3 Å². The first-order chi connectivity index (χ1) is 13.6. The number of aromatic nitrogens is 1. The number of aryl methyl sites for hydroxylation is 1. The second kappa shape index (κ2) is 6.50. The van der Waals surface area contributed by atoms with E-state index in [1.54, 1.807) is 6.20 Å². The van der Waals surface area contributed by atoms with Crippen molar-refractivity contribution in [1.29, 1.82) is 0 Å². The van der Waals surface area contributed by atoms with E-state index in [4.69, 9.17) is 0 Å². The number of pyridine rings is 1. The zero-order valence-electron chi connectivity index (χ0n) is 15.0. The molecule has 0 aliphatic heterocycles. The second-order valence-corrected chi connectivity index (χ2v) is 7.83. The Bertz CT molecular complexity index is 1330. The van der Waals surface area contributed by atoms with Gasteiger partial charge in [-0.15, -0.1) is 11.3 Å². The van der Waals surface area contributed by atoms with Crippen LogP contribution in [0, 0.1) is 18.6 Å². The van der Waals surface area contributed by atoms with Gasteiger partial charge >= 0.3 is 0 Å². The fourth-order valence-electron chi connectivity index (χ4n) is 3.65. The lowest BCUT2D eigenvalue weighted by molar-refractivity contribution is 0.584. The van der Waals surface area contributed by atoms with Gasteiger partial charge in [-0.3, -0.25) is 4.98 Å². The molecule has 5 rings (SSSR count). The van der Waals surface area contributed by atoms with Crippen molar-refractivity contribution in [3.8, 4) is 21.7 Å². The lowest BCUT2D eigenvalue weighted by Gasteiger charge is -2.05. The molecule has 0 radical (unpaired) electrons. The minimum Gasteiger partial charge on any atom is -0.255 e. The van der Waals surface area contributed by atoms with Crippen molar-refractivity contribution in [3.63, 3.8) is 0 Å². The van der Waals surface area contributed by atoms with Crippen molar-refractivity contribution in [1.82, 2.24) is 4.98 Å². The van der Waals surface area contributed by atoms with E-state index in [2.05, 4.69) is 35.3 Å². The van der Waals surface area contributed by atoms with Crippen LogP contribution in [0.3, 0.4) is 0 Å². The standard InChI is InChI=1S/C24H15F2NS/c1-14-21-8-9-27-22(17-7-6-15-4-2-3-5-16(15)10-17)24(21)28-23(14)18-11-19(25)13-20(26)12-18/h2-13H,1H3. The Balaban J connectivity index is 1.74. The number of thiophene rings is 1. The van der Waals surface area contributed by atoms with Crippen LogP contribution in [0.15, 0.2) is 72.9 Å². The molecule has 5 aromatic rings. The molecule has 0 aliphatic rings. The molecule has 0 spiro atoms. The zero-order chi connectivity index (χ0) is 19.3. The van der Waals surface area contributed by atoms with Crippen molar-refractivity contribution in [2.45, 2.75) is 6.92 Å². The summed E-state index contributed by atoms with van der Waals surface area (Å²) in [6.07, 6.45) is 1.79. The highest BCUT2D eigenvalue weighted by atomic mass is 32.1. The Morgan fingerprint density at radius 2 is 1.54 bits per heavy atom. The van der Waals surface area contributed by atoms with Gasteiger partial charge in [0.05, 0.1) is 10.4 Å².